The summed E-state index contributed by atoms with van der Waals surface area (Å²) < 4.78 is 5.21. The van der Waals surface area contributed by atoms with Crippen molar-refractivity contribution in [3.05, 3.63) is 63.7 Å². The number of nitriles is 1. The smallest absolute Gasteiger partial charge is 0.196 e. The lowest BCUT2D eigenvalue weighted by Gasteiger charge is -2.09. The van der Waals surface area contributed by atoms with E-state index in [0.29, 0.717) is 27.5 Å². The standard InChI is InChI=1S/C17H14ClNO2/c1-3-11-6-12(10-19)8-13(7-11)17(20)15-9-14(18)4-5-16(15)21-2/h4-9H,3H2,1-2H3. The molecular formula is C17H14ClNO2. The van der Waals surface area contributed by atoms with E-state index in [4.69, 9.17) is 21.6 Å². The van der Waals surface area contributed by atoms with E-state index in [1.807, 2.05) is 6.92 Å². The van der Waals surface area contributed by atoms with Crippen molar-refractivity contribution in [3.8, 4) is 11.8 Å². The predicted molar refractivity (Wildman–Crippen MR) is 82.0 cm³/mol. The van der Waals surface area contributed by atoms with Crippen LogP contribution in [0.4, 0.5) is 0 Å². The topological polar surface area (TPSA) is 50.1 Å². The van der Waals surface area contributed by atoms with Gasteiger partial charge in [-0.1, -0.05) is 18.5 Å². The monoisotopic (exact) mass is 299 g/mol. The molecule has 0 unspecified atom stereocenters. The van der Waals surface area contributed by atoms with E-state index >= 15 is 0 Å². The van der Waals surface area contributed by atoms with Crippen LogP contribution in [0.2, 0.25) is 5.02 Å². The fourth-order valence-corrected chi connectivity index (χ4v) is 2.28. The molecule has 0 aliphatic rings. The molecule has 2 rings (SSSR count). The third kappa shape index (κ3) is 3.24. The highest BCUT2D eigenvalue weighted by molar-refractivity contribution is 6.31. The molecule has 0 heterocycles. The molecule has 3 nitrogen and oxygen atoms in total. The van der Waals surface area contributed by atoms with E-state index in [9.17, 15) is 4.79 Å². The van der Waals surface area contributed by atoms with Crippen LogP contribution < -0.4 is 4.74 Å². The molecule has 2 aromatic carbocycles. The summed E-state index contributed by atoms with van der Waals surface area (Å²) in [6, 6.07) is 12.1. The number of hydrogen-bond acceptors (Lipinski definition) is 3. The van der Waals surface area contributed by atoms with Crippen LogP contribution in [-0.4, -0.2) is 12.9 Å². The normalized spacial score (nSPS) is 10.0. The lowest BCUT2D eigenvalue weighted by atomic mass is 9.97. The van der Waals surface area contributed by atoms with E-state index in [1.165, 1.54) is 7.11 Å². The second-order valence-corrected chi connectivity index (χ2v) is 4.99. The van der Waals surface area contributed by atoms with Gasteiger partial charge in [0, 0.05) is 10.6 Å². The number of carbonyl (C=O) groups excluding carboxylic acids is 1. The molecule has 0 amide bonds. The van der Waals surface area contributed by atoms with Crippen LogP contribution in [0.25, 0.3) is 0 Å². The van der Waals surface area contributed by atoms with Crippen LogP contribution in [0.1, 0.15) is 34.0 Å². The lowest BCUT2D eigenvalue weighted by Crippen LogP contribution is -2.05. The number of benzene rings is 2. The Bertz CT molecular complexity index is 732. The number of carbonyl (C=O) groups is 1. The van der Waals surface area contributed by atoms with Gasteiger partial charge in [0.25, 0.3) is 0 Å². The molecule has 0 aliphatic carbocycles. The summed E-state index contributed by atoms with van der Waals surface area (Å²) in [5.41, 5.74) is 2.27. The van der Waals surface area contributed by atoms with Gasteiger partial charge in [0.15, 0.2) is 5.78 Å². The van der Waals surface area contributed by atoms with Crippen molar-refractivity contribution >= 4 is 17.4 Å². The molecule has 4 heteroatoms. The molecule has 0 fully saturated rings. The van der Waals surface area contributed by atoms with Gasteiger partial charge >= 0.3 is 0 Å². The summed E-state index contributed by atoms with van der Waals surface area (Å²) in [4.78, 5) is 12.7. The average molecular weight is 300 g/mol. The van der Waals surface area contributed by atoms with Crippen LogP contribution >= 0.6 is 11.6 Å². The Morgan fingerprint density at radius 3 is 2.67 bits per heavy atom. The Balaban J connectivity index is 2.55. The highest BCUT2D eigenvalue weighted by Crippen LogP contribution is 2.26. The van der Waals surface area contributed by atoms with E-state index in [2.05, 4.69) is 6.07 Å². The van der Waals surface area contributed by atoms with Crippen LogP contribution in [0.3, 0.4) is 0 Å². The minimum Gasteiger partial charge on any atom is -0.496 e. The number of hydrogen-bond donors (Lipinski definition) is 0. The molecule has 0 radical (unpaired) electrons. The van der Waals surface area contributed by atoms with Gasteiger partial charge in [0.1, 0.15) is 5.75 Å². The fraction of sp³-hybridized carbons (Fsp3) is 0.176. The summed E-state index contributed by atoms with van der Waals surface area (Å²) in [6.45, 7) is 1.98. The molecular weight excluding hydrogens is 286 g/mol. The molecule has 0 spiro atoms. The fourth-order valence-electron chi connectivity index (χ4n) is 2.10. The van der Waals surface area contributed by atoms with Gasteiger partial charge in [-0.2, -0.15) is 5.26 Å². The molecule has 0 saturated carbocycles. The maximum absolute atomic E-state index is 12.7. The second kappa shape index (κ2) is 6.43. The Morgan fingerprint density at radius 1 is 1.29 bits per heavy atom. The number of nitrogens with zero attached hydrogens (tertiary/aromatic N) is 1. The Labute approximate surface area is 128 Å². The van der Waals surface area contributed by atoms with Crippen molar-refractivity contribution in [1.82, 2.24) is 0 Å². The molecule has 2 aromatic rings. The minimum atomic E-state index is -0.207. The first kappa shape index (κ1) is 15.1. The molecule has 0 atom stereocenters. The zero-order chi connectivity index (χ0) is 15.4. The number of ketones is 1. The first-order valence-corrected chi connectivity index (χ1v) is 6.89. The van der Waals surface area contributed by atoms with E-state index in [-0.39, 0.29) is 5.78 Å². The third-order valence-electron chi connectivity index (χ3n) is 3.20. The molecule has 0 saturated heterocycles. The van der Waals surface area contributed by atoms with Gasteiger partial charge in [0.2, 0.25) is 0 Å². The van der Waals surface area contributed by atoms with Crippen LogP contribution in [0.5, 0.6) is 5.75 Å². The van der Waals surface area contributed by atoms with E-state index in [0.717, 1.165) is 12.0 Å². The molecule has 0 aromatic heterocycles. The van der Waals surface area contributed by atoms with Gasteiger partial charge in [-0.25, -0.2) is 0 Å². The molecule has 0 bridgehead atoms. The molecule has 0 N–H and O–H groups in total. The van der Waals surface area contributed by atoms with Gasteiger partial charge in [-0.3, -0.25) is 4.79 Å². The van der Waals surface area contributed by atoms with Gasteiger partial charge in [0.05, 0.1) is 24.3 Å². The van der Waals surface area contributed by atoms with Crippen LogP contribution in [0, 0.1) is 11.3 Å². The lowest BCUT2D eigenvalue weighted by molar-refractivity contribution is 0.103. The summed E-state index contributed by atoms with van der Waals surface area (Å²) in [7, 11) is 1.50. The van der Waals surface area contributed by atoms with Crippen LogP contribution in [0.15, 0.2) is 36.4 Å². The largest absolute Gasteiger partial charge is 0.496 e. The summed E-state index contributed by atoms with van der Waals surface area (Å²) >= 11 is 5.96. The van der Waals surface area contributed by atoms with Gasteiger partial charge < -0.3 is 4.74 Å². The number of rotatable bonds is 4. The average Bonchev–Trinajstić information content (AvgIpc) is 2.53. The summed E-state index contributed by atoms with van der Waals surface area (Å²) in [6.07, 6.45) is 0.752. The van der Waals surface area contributed by atoms with Crippen molar-refractivity contribution in [3.63, 3.8) is 0 Å². The summed E-state index contributed by atoms with van der Waals surface area (Å²) in [5.74, 6) is 0.256. The highest BCUT2D eigenvalue weighted by atomic mass is 35.5. The zero-order valence-electron chi connectivity index (χ0n) is 11.8. The van der Waals surface area contributed by atoms with Crippen molar-refractivity contribution < 1.29 is 9.53 Å². The Morgan fingerprint density at radius 2 is 2.05 bits per heavy atom. The van der Waals surface area contributed by atoms with Crippen molar-refractivity contribution in [1.29, 1.82) is 5.26 Å². The maximum atomic E-state index is 12.7. The number of halogens is 1. The van der Waals surface area contributed by atoms with Gasteiger partial charge in [-0.05, 0) is 48.4 Å². The first-order chi connectivity index (χ1) is 10.1. The molecule has 106 valence electrons. The highest BCUT2D eigenvalue weighted by Gasteiger charge is 2.16. The first-order valence-electron chi connectivity index (χ1n) is 6.51. The second-order valence-electron chi connectivity index (χ2n) is 4.56. The number of aryl methyl sites for hydroxylation is 1. The predicted octanol–water partition coefficient (Wildman–Crippen LogP) is 4.01. The molecule has 21 heavy (non-hydrogen) atoms. The third-order valence-corrected chi connectivity index (χ3v) is 3.43. The van der Waals surface area contributed by atoms with Crippen molar-refractivity contribution in [2.75, 3.05) is 7.11 Å². The number of methoxy groups -OCH3 is 1. The zero-order valence-corrected chi connectivity index (χ0v) is 12.6. The minimum absolute atomic E-state index is 0.207. The van der Waals surface area contributed by atoms with E-state index in [1.54, 1.807) is 36.4 Å². The molecule has 0 aliphatic heterocycles. The summed E-state index contributed by atoms with van der Waals surface area (Å²) in [5, 5.41) is 9.54. The van der Waals surface area contributed by atoms with Crippen LogP contribution in [-0.2, 0) is 6.42 Å². The maximum Gasteiger partial charge on any atom is 0.196 e. The Kier molecular flexibility index (Phi) is 4.62. The van der Waals surface area contributed by atoms with Crippen molar-refractivity contribution in [2.24, 2.45) is 0 Å². The SMILES string of the molecule is CCc1cc(C#N)cc(C(=O)c2cc(Cl)ccc2OC)c1. The number of ether oxygens (including phenoxy) is 1. The van der Waals surface area contributed by atoms with E-state index < -0.39 is 0 Å². The quantitative estimate of drug-likeness (QED) is 0.801. The van der Waals surface area contributed by atoms with Gasteiger partial charge in [-0.15, -0.1) is 0 Å². The Hall–Kier alpha value is -2.31. The van der Waals surface area contributed by atoms with Crippen molar-refractivity contribution in [2.45, 2.75) is 13.3 Å².